The van der Waals surface area contributed by atoms with Crippen molar-refractivity contribution in [1.82, 2.24) is 4.57 Å². The minimum Gasteiger partial charge on any atom is -0.348 e. The van der Waals surface area contributed by atoms with E-state index in [1.54, 1.807) is 0 Å². The van der Waals surface area contributed by atoms with E-state index in [1.165, 1.54) is 19.0 Å². The maximum atomic E-state index is 11.9. The number of carbonyl (C=O) groups is 2. The number of rotatable bonds is 4. The minimum atomic E-state index is 0.0813. The normalized spacial score (nSPS) is 13.9. The number of ketones is 2. The number of aromatic nitrogens is 1. The van der Waals surface area contributed by atoms with Crippen LogP contribution in [0.5, 0.6) is 0 Å². The van der Waals surface area contributed by atoms with Crippen molar-refractivity contribution < 1.29 is 9.59 Å². The van der Waals surface area contributed by atoms with E-state index in [2.05, 4.69) is 4.57 Å². The Labute approximate surface area is 95.5 Å². The Kier molecular flexibility index (Phi) is 2.95. The first-order chi connectivity index (χ1) is 7.59. The standard InChI is InChI=1S/C13H17NO2/c1-9(15)5-6-13(16)12-8-11-4-3-7-14(11)10(12)2/h8H,3-7H2,1-2H3. The zero-order chi connectivity index (χ0) is 11.7. The predicted molar refractivity (Wildman–Crippen MR) is 61.7 cm³/mol. The van der Waals surface area contributed by atoms with E-state index < -0.39 is 0 Å². The Morgan fingerprint density at radius 1 is 1.38 bits per heavy atom. The second kappa shape index (κ2) is 4.24. The van der Waals surface area contributed by atoms with Gasteiger partial charge in [0.1, 0.15) is 5.78 Å². The zero-order valence-electron chi connectivity index (χ0n) is 9.88. The number of nitrogens with zero attached hydrogens (tertiary/aromatic N) is 1. The highest BCUT2D eigenvalue weighted by Crippen LogP contribution is 2.24. The molecule has 0 spiro atoms. The van der Waals surface area contributed by atoms with Gasteiger partial charge in [0.2, 0.25) is 0 Å². The molecule has 0 amide bonds. The summed E-state index contributed by atoms with van der Waals surface area (Å²) in [5.41, 5.74) is 3.15. The van der Waals surface area contributed by atoms with Crippen molar-refractivity contribution in [1.29, 1.82) is 0 Å². The van der Waals surface area contributed by atoms with Gasteiger partial charge < -0.3 is 9.36 Å². The van der Waals surface area contributed by atoms with Crippen LogP contribution in [0.1, 0.15) is 47.9 Å². The van der Waals surface area contributed by atoms with E-state index in [1.807, 2.05) is 13.0 Å². The lowest BCUT2D eigenvalue weighted by Gasteiger charge is -2.02. The maximum absolute atomic E-state index is 11.9. The summed E-state index contributed by atoms with van der Waals surface area (Å²) in [4.78, 5) is 22.8. The van der Waals surface area contributed by atoms with Gasteiger partial charge in [0, 0.05) is 36.3 Å². The average Bonchev–Trinajstić information content (AvgIpc) is 2.78. The number of hydrogen-bond donors (Lipinski definition) is 0. The van der Waals surface area contributed by atoms with Crippen molar-refractivity contribution in [2.24, 2.45) is 0 Å². The smallest absolute Gasteiger partial charge is 0.165 e. The van der Waals surface area contributed by atoms with Gasteiger partial charge in [-0.25, -0.2) is 0 Å². The first-order valence-corrected chi connectivity index (χ1v) is 5.81. The van der Waals surface area contributed by atoms with E-state index in [0.717, 1.165) is 24.2 Å². The van der Waals surface area contributed by atoms with Crippen LogP contribution in [-0.2, 0) is 17.8 Å². The molecule has 2 rings (SSSR count). The van der Waals surface area contributed by atoms with Crippen LogP contribution in [0.4, 0.5) is 0 Å². The summed E-state index contributed by atoms with van der Waals surface area (Å²) in [6.07, 6.45) is 2.96. The summed E-state index contributed by atoms with van der Waals surface area (Å²) >= 11 is 0. The van der Waals surface area contributed by atoms with Gasteiger partial charge in [-0.3, -0.25) is 4.79 Å². The van der Waals surface area contributed by atoms with Gasteiger partial charge in [0.05, 0.1) is 0 Å². The van der Waals surface area contributed by atoms with Crippen molar-refractivity contribution in [3.8, 4) is 0 Å². The Morgan fingerprint density at radius 2 is 2.12 bits per heavy atom. The van der Waals surface area contributed by atoms with E-state index in [9.17, 15) is 9.59 Å². The van der Waals surface area contributed by atoms with E-state index in [-0.39, 0.29) is 11.6 Å². The lowest BCUT2D eigenvalue weighted by molar-refractivity contribution is -0.116. The number of aryl methyl sites for hydroxylation is 1. The molecular formula is C13H17NO2. The molecular weight excluding hydrogens is 202 g/mol. The molecule has 0 bridgehead atoms. The first kappa shape index (κ1) is 11.1. The van der Waals surface area contributed by atoms with E-state index >= 15 is 0 Å². The summed E-state index contributed by atoms with van der Waals surface area (Å²) < 4.78 is 2.22. The molecule has 0 radical (unpaired) electrons. The quantitative estimate of drug-likeness (QED) is 0.729. The van der Waals surface area contributed by atoms with Crippen LogP contribution in [0.3, 0.4) is 0 Å². The van der Waals surface area contributed by atoms with Crippen LogP contribution in [0, 0.1) is 6.92 Å². The van der Waals surface area contributed by atoms with Gasteiger partial charge in [-0.1, -0.05) is 0 Å². The molecule has 0 fully saturated rings. The molecule has 1 aliphatic rings. The molecule has 1 aromatic rings. The monoisotopic (exact) mass is 219 g/mol. The molecule has 3 heteroatoms. The third-order valence-electron chi connectivity index (χ3n) is 3.27. The molecule has 3 nitrogen and oxygen atoms in total. The molecule has 1 aliphatic heterocycles. The average molecular weight is 219 g/mol. The predicted octanol–water partition coefficient (Wildman–Crippen LogP) is 2.29. The molecule has 2 heterocycles. The molecule has 0 N–H and O–H groups in total. The number of carbonyl (C=O) groups excluding carboxylic acids is 2. The SMILES string of the molecule is CC(=O)CCC(=O)c1cc2n(c1C)CCC2. The maximum Gasteiger partial charge on any atom is 0.165 e. The van der Waals surface area contributed by atoms with Crippen LogP contribution in [-0.4, -0.2) is 16.1 Å². The Morgan fingerprint density at radius 3 is 2.75 bits per heavy atom. The van der Waals surface area contributed by atoms with Crippen molar-refractivity contribution in [3.05, 3.63) is 23.0 Å². The van der Waals surface area contributed by atoms with Crippen molar-refractivity contribution in [3.63, 3.8) is 0 Å². The molecule has 0 saturated carbocycles. The Hall–Kier alpha value is -1.38. The van der Waals surface area contributed by atoms with Crippen LogP contribution in [0.2, 0.25) is 0 Å². The molecule has 0 unspecified atom stereocenters. The van der Waals surface area contributed by atoms with Crippen LogP contribution < -0.4 is 0 Å². The van der Waals surface area contributed by atoms with Gasteiger partial charge in [-0.2, -0.15) is 0 Å². The molecule has 86 valence electrons. The second-order valence-corrected chi connectivity index (χ2v) is 4.52. The highest BCUT2D eigenvalue weighted by Gasteiger charge is 2.20. The molecule has 1 aromatic heterocycles. The van der Waals surface area contributed by atoms with Crippen LogP contribution in [0.25, 0.3) is 0 Å². The summed E-state index contributed by atoms with van der Waals surface area (Å²) in [6.45, 7) is 4.55. The van der Waals surface area contributed by atoms with Gasteiger partial charge in [-0.05, 0) is 32.8 Å². The fourth-order valence-electron chi connectivity index (χ4n) is 2.35. The third kappa shape index (κ3) is 1.94. The van der Waals surface area contributed by atoms with E-state index in [4.69, 9.17) is 0 Å². The fourth-order valence-corrected chi connectivity index (χ4v) is 2.35. The molecule has 0 saturated heterocycles. The molecule has 0 aromatic carbocycles. The largest absolute Gasteiger partial charge is 0.348 e. The first-order valence-electron chi connectivity index (χ1n) is 5.81. The highest BCUT2D eigenvalue weighted by molar-refractivity contribution is 5.99. The fraction of sp³-hybridized carbons (Fsp3) is 0.538. The lowest BCUT2D eigenvalue weighted by Crippen LogP contribution is -2.04. The van der Waals surface area contributed by atoms with Gasteiger partial charge >= 0.3 is 0 Å². The summed E-state index contributed by atoms with van der Waals surface area (Å²) in [5, 5.41) is 0. The Balaban J connectivity index is 2.15. The topological polar surface area (TPSA) is 39.1 Å². The summed E-state index contributed by atoms with van der Waals surface area (Å²) in [5.74, 6) is 0.187. The highest BCUT2D eigenvalue weighted by atomic mass is 16.1. The lowest BCUT2D eigenvalue weighted by atomic mass is 10.1. The second-order valence-electron chi connectivity index (χ2n) is 4.52. The van der Waals surface area contributed by atoms with Crippen LogP contribution >= 0.6 is 0 Å². The summed E-state index contributed by atoms with van der Waals surface area (Å²) in [7, 11) is 0. The Bertz CT molecular complexity index is 443. The molecule has 0 atom stereocenters. The van der Waals surface area contributed by atoms with Crippen molar-refractivity contribution in [2.75, 3.05) is 0 Å². The van der Waals surface area contributed by atoms with Crippen LogP contribution in [0.15, 0.2) is 6.07 Å². The number of Topliss-reactive ketones (excluding diaryl/α,β-unsaturated/α-hetero) is 2. The van der Waals surface area contributed by atoms with E-state index in [0.29, 0.717) is 12.8 Å². The van der Waals surface area contributed by atoms with Gasteiger partial charge in [0.25, 0.3) is 0 Å². The zero-order valence-corrected chi connectivity index (χ0v) is 9.88. The number of hydrogen-bond acceptors (Lipinski definition) is 2. The minimum absolute atomic E-state index is 0.0813. The molecule has 16 heavy (non-hydrogen) atoms. The van der Waals surface area contributed by atoms with Crippen molar-refractivity contribution in [2.45, 2.75) is 46.1 Å². The number of fused-ring (bicyclic) bond motifs is 1. The van der Waals surface area contributed by atoms with Gasteiger partial charge in [0.15, 0.2) is 5.78 Å². The van der Waals surface area contributed by atoms with Gasteiger partial charge in [-0.15, -0.1) is 0 Å². The summed E-state index contributed by atoms with van der Waals surface area (Å²) in [6, 6.07) is 2.00. The molecule has 0 aliphatic carbocycles. The third-order valence-corrected chi connectivity index (χ3v) is 3.27. The van der Waals surface area contributed by atoms with Crippen molar-refractivity contribution >= 4 is 11.6 Å².